The summed E-state index contributed by atoms with van der Waals surface area (Å²) in [6.45, 7) is 2.05. The second-order valence-electron chi connectivity index (χ2n) is 5.14. The topological polar surface area (TPSA) is 94.3 Å². The van der Waals surface area contributed by atoms with Crippen molar-refractivity contribution in [3.8, 4) is 22.6 Å². The Kier molecular flexibility index (Phi) is 3.06. The molecule has 0 amide bonds. The van der Waals surface area contributed by atoms with Gasteiger partial charge >= 0.3 is 5.84 Å². The van der Waals surface area contributed by atoms with Crippen LogP contribution in [0.1, 0.15) is 5.56 Å². The minimum absolute atomic E-state index is 0.343. The lowest BCUT2D eigenvalue weighted by molar-refractivity contribution is 0.596. The lowest BCUT2D eigenvalue weighted by Gasteiger charge is -2.05. The lowest BCUT2D eigenvalue weighted by Crippen LogP contribution is -2.10. The fourth-order valence-corrected chi connectivity index (χ4v) is 2.50. The minimum Gasteiger partial charge on any atom is -0.432 e. The second-order valence-corrected chi connectivity index (χ2v) is 5.14. The van der Waals surface area contributed by atoms with Gasteiger partial charge in [-0.1, -0.05) is 29.8 Å². The number of anilines is 1. The van der Waals surface area contributed by atoms with Crippen LogP contribution in [0.2, 0.25) is 0 Å². The second kappa shape index (κ2) is 5.22. The predicted octanol–water partition coefficient (Wildman–Crippen LogP) is 2.65. The van der Waals surface area contributed by atoms with Crippen LogP contribution in [0.15, 0.2) is 53.4 Å². The lowest BCUT2D eigenvalue weighted by atomic mass is 10.1. The van der Waals surface area contributed by atoms with Crippen LogP contribution >= 0.6 is 0 Å². The Bertz CT molecular complexity index is 970. The molecular weight excluding hydrogens is 292 g/mol. The van der Waals surface area contributed by atoms with Crippen LogP contribution in [-0.2, 0) is 0 Å². The van der Waals surface area contributed by atoms with E-state index in [-0.39, 0.29) is 0 Å². The first-order chi connectivity index (χ1) is 11.3. The molecule has 3 heterocycles. The van der Waals surface area contributed by atoms with Gasteiger partial charge in [0.05, 0.1) is 5.69 Å². The zero-order valence-electron chi connectivity index (χ0n) is 12.4. The van der Waals surface area contributed by atoms with E-state index < -0.39 is 0 Å². The Balaban J connectivity index is 1.98. The number of rotatable bonds is 3. The molecule has 0 saturated carbocycles. The Morgan fingerprint density at radius 1 is 1.13 bits per heavy atom. The van der Waals surface area contributed by atoms with E-state index in [0.29, 0.717) is 17.5 Å². The number of benzene rings is 1. The molecule has 0 aliphatic heterocycles. The van der Waals surface area contributed by atoms with E-state index in [2.05, 4.69) is 20.4 Å². The Morgan fingerprint density at radius 2 is 1.96 bits per heavy atom. The monoisotopic (exact) mass is 306 g/mol. The third-order valence-corrected chi connectivity index (χ3v) is 3.61. The normalized spacial score (nSPS) is 11.0. The fourth-order valence-electron chi connectivity index (χ4n) is 2.50. The SMILES string of the molecule is Cc1ccc(-c2nc3occn3c2-c2ccnc(NN)n2)cc1. The molecule has 4 rings (SSSR count). The maximum atomic E-state index is 5.43. The van der Waals surface area contributed by atoms with Crippen LogP contribution in [0.5, 0.6) is 0 Å². The largest absolute Gasteiger partial charge is 0.432 e. The number of hydrogen-bond donors (Lipinski definition) is 2. The standard InChI is InChI=1S/C16H14N6O/c1-10-2-4-11(5-3-10)13-14(22-8-9-23-16(22)20-13)12-6-7-18-15(19-12)21-17/h2-9H,17H2,1H3,(H,18,19,21). The number of hydrogen-bond acceptors (Lipinski definition) is 6. The molecule has 3 aromatic heterocycles. The molecule has 3 N–H and O–H groups in total. The molecule has 7 heteroatoms. The van der Waals surface area contributed by atoms with Crippen LogP contribution in [0.25, 0.3) is 28.5 Å². The van der Waals surface area contributed by atoms with E-state index in [9.17, 15) is 0 Å². The summed E-state index contributed by atoms with van der Waals surface area (Å²) >= 11 is 0. The molecule has 0 atom stereocenters. The zero-order chi connectivity index (χ0) is 15.8. The van der Waals surface area contributed by atoms with Crippen molar-refractivity contribution in [1.29, 1.82) is 0 Å². The van der Waals surface area contributed by atoms with Gasteiger partial charge in [-0.25, -0.2) is 15.8 Å². The average molecular weight is 306 g/mol. The molecule has 0 spiro atoms. The molecule has 23 heavy (non-hydrogen) atoms. The number of oxazole rings is 1. The van der Waals surface area contributed by atoms with Gasteiger partial charge in [0.15, 0.2) is 0 Å². The molecular formula is C16H14N6O. The van der Waals surface area contributed by atoms with Crippen molar-refractivity contribution in [1.82, 2.24) is 19.4 Å². The number of aromatic nitrogens is 4. The Hall–Kier alpha value is -3.19. The first-order valence-corrected chi connectivity index (χ1v) is 7.09. The van der Waals surface area contributed by atoms with E-state index in [1.807, 2.05) is 47.9 Å². The number of fused-ring (bicyclic) bond motifs is 1. The van der Waals surface area contributed by atoms with E-state index in [4.69, 9.17) is 10.3 Å². The van der Waals surface area contributed by atoms with Crippen molar-refractivity contribution in [2.45, 2.75) is 6.92 Å². The summed E-state index contributed by atoms with van der Waals surface area (Å²) in [7, 11) is 0. The molecule has 0 fully saturated rings. The first-order valence-electron chi connectivity index (χ1n) is 7.09. The fraction of sp³-hybridized carbons (Fsp3) is 0.0625. The number of hydrazine groups is 1. The number of nitrogen functional groups attached to an aromatic ring is 1. The van der Waals surface area contributed by atoms with Crippen LogP contribution in [-0.4, -0.2) is 19.4 Å². The molecule has 114 valence electrons. The van der Waals surface area contributed by atoms with Crippen molar-refractivity contribution in [3.05, 3.63) is 54.6 Å². The number of nitrogens with one attached hydrogen (secondary N) is 1. The van der Waals surface area contributed by atoms with Crippen LogP contribution < -0.4 is 11.3 Å². The maximum Gasteiger partial charge on any atom is 0.306 e. The summed E-state index contributed by atoms with van der Waals surface area (Å²) in [5.74, 6) is 6.27. The van der Waals surface area contributed by atoms with Gasteiger partial charge in [-0.15, -0.1) is 0 Å². The van der Waals surface area contributed by atoms with Gasteiger partial charge in [-0.05, 0) is 13.0 Å². The third kappa shape index (κ3) is 2.23. The number of nitrogens with two attached hydrogens (primary N) is 1. The summed E-state index contributed by atoms with van der Waals surface area (Å²) in [4.78, 5) is 13.1. The van der Waals surface area contributed by atoms with E-state index >= 15 is 0 Å². The van der Waals surface area contributed by atoms with Crippen molar-refractivity contribution >= 4 is 11.8 Å². The van der Waals surface area contributed by atoms with Crippen molar-refractivity contribution in [3.63, 3.8) is 0 Å². The van der Waals surface area contributed by atoms with Crippen LogP contribution in [0.4, 0.5) is 5.95 Å². The molecule has 1 aromatic carbocycles. The summed E-state index contributed by atoms with van der Waals surface area (Å²) < 4.78 is 7.29. The molecule has 0 unspecified atom stereocenters. The van der Waals surface area contributed by atoms with Gasteiger partial charge in [0.2, 0.25) is 5.95 Å². The van der Waals surface area contributed by atoms with E-state index in [0.717, 1.165) is 17.0 Å². The maximum absolute atomic E-state index is 5.43. The van der Waals surface area contributed by atoms with Gasteiger partial charge in [0.25, 0.3) is 0 Å². The number of imidazole rings is 1. The zero-order valence-corrected chi connectivity index (χ0v) is 12.4. The Morgan fingerprint density at radius 3 is 2.74 bits per heavy atom. The van der Waals surface area contributed by atoms with E-state index in [1.54, 1.807) is 12.5 Å². The summed E-state index contributed by atoms with van der Waals surface area (Å²) in [5, 5.41) is 0. The molecule has 0 aliphatic carbocycles. The molecule has 4 aromatic rings. The predicted molar refractivity (Wildman–Crippen MR) is 86.5 cm³/mol. The molecule has 0 radical (unpaired) electrons. The molecule has 0 bridgehead atoms. The number of aryl methyl sites for hydroxylation is 1. The summed E-state index contributed by atoms with van der Waals surface area (Å²) in [5.41, 5.74) is 6.98. The average Bonchev–Trinajstić information content (AvgIpc) is 3.16. The van der Waals surface area contributed by atoms with Crippen LogP contribution in [0, 0.1) is 6.92 Å². The van der Waals surface area contributed by atoms with Crippen molar-refractivity contribution in [2.75, 3.05) is 5.43 Å². The van der Waals surface area contributed by atoms with E-state index in [1.165, 1.54) is 5.56 Å². The smallest absolute Gasteiger partial charge is 0.306 e. The molecule has 7 nitrogen and oxygen atoms in total. The molecule has 0 saturated heterocycles. The van der Waals surface area contributed by atoms with Crippen LogP contribution in [0.3, 0.4) is 0 Å². The van der Waals surface area contributed by atoms with Gasteiger partial charge in [-0.3, -0.25) is 9.83 Å². The highest BCUT2D eigenvalue weighted by molar-refractivity contribution is 5.79. The van der Waals surface area contributed by atoms with Crippen molar-refractivity contribution < 1.29 is 4.42 Å². The van der Waals surface area contributed by atoms with Gasteiger partial charge < -0.3 is 4.42 Å². The highest BCUT2D eigenvalue weighted by Crippen LogP contribution is 2.32. The first kappa shape index (κ1) is 13.5. The minimum atomic E-state index is 0.343. The highest BCUT2D eigenvalue weighted by Gasteiger charge is 2.19. The van der Waals surface area contributed by atoms with Gasteiger partial charge in [0, 0.05) is 18.0 Å². The molecule has 0 aliphatic rings. The van der Waals surface area contributed by atoms with Gasteiger partial charge in [-0.2, -0.15) is 4.98 Å². The van der Waals surface area contributed by atoms with Gasteiger partial charge in [0.1, 0.15) is 17.7 Å². The third-order valence-electron chi connectivity index (χ3n) is 3.61. The highest BCUT2D eigenvalue weighted by atomic mass is 16.3. The number of nitrogens with zero attached hydrogens (tertiary/aromatic N) is 4. The van der Waals surface area contributed by atoms with Crippen molar-refractivity contribution in [2.24, 2.45) is 5.84 Å². The quantitative estimate of drug-likeness (QED) is 0.446. The summed E-state index contributed by atoms with van der Waals surface area (Å²) in [6.07, 6.45) is 5.05. The Labute approximate surface area is 131 Å². The summed E-state index contributed by atoms with van der Waals surface area (Å²) in [6, 6.07) is 9.98.